The number of hydrogen-bond acceptors (Lipinski definition) is 4. The van der Waals surface area contributed by atoms with Gasteiger partial charge in [0.2, 0.25) is 5.91 Å². The third kappa shape index (κ3) is 4.09. The third-order valence-corrected chi connectivity index (χ3v) is 5.09. The van der Waals surface area contributed by atoms with Gasteiger partial charge >= 0.3 is 6.03 Å². The van der Waals surface area contributed by atoms with Crippen molar-refractivity contribution >= 4 is 23.3 Å². The van der Waals surface area contributed by atoms with E-state index in [0.717, 1.165) is 31.6 Å². The molecule has 2 N–H and O–H groups in total. The molecule has 1 aromatic carbocycles. The molecule has 3 amide bonds. The van der Waals surface area contributed by atoms with Gasteiger partial charge in [0, 0.05) is 49.9 Å². The van der Waals surface area contributed by atoms with Crippen molar-refractivity contribution in [2.45, 2.75) is 45.2 Å². The van der Waals surface area contributed by atoms with Crippen LogP contribution in [0, 0.1) is 0 Å². The lowest BCUT2D eigenvalue weighted by atomic mass is 10.2. The van der Waals surface area contributed by atoms with Crippen LogP contribution in [0.1, 0.15) is 33.1 Å². The van der Waals surface area contributed by atoms with Crippen molar-refractivity contribution in [3.05, 3.63) is 18.2 Å². The quantitative estimate of drug-likeness (QED) is 0.846. The number of carbonyl (C=O) groups excluding carboxylic acids is 2. The van der Waals surface area contributed by atoms with Gasteiger partial charge in [0.25, 0.3) is 0 Å². The number of nitrogens with zero attached hydrogens (tertiary/aromatic N) is 2. The number of carbonyl (C=O) groups is 2. The van der Waals surface area contributed by atoms with Crippen LogP contribution >= 0.6 is 0 Å². The van der Waals surface area contributed by atoms with Crippen LogP contribution in [0.3, 0.4) is 0 Å². The maximum absolute atomic E-state index is 12.3. The van der Waals surface area contributed by atoms with Gasteiger partial charge in [-0.05, 0) is 38.8 Å². The number of nitrogens with one attached hydrogen (secondary N) is 2. The molecule has 2 saturated heterocycles. The maximum atomic E-state index is 12.3. The first-order chi connectivity index (χ1) is 12.5. The number of hydrogen-bond donors (Lipinski definition) is 2. The van der Waals surface area contributed by atoms with Crippen LogP contribution in [0.5, 0.6) is 5.75 Å². The fourth-order valence-corrected chi connectivity index (χ4v) is 3.61. The molecular formula is C19H28N4O3. The number of rotatable bonds is 5. The number of benzene rings is 1. The van der Waals surface area contributed by atoms with Crippen LogP contribution in [0.4, 0.5) is 16.2 Å². The molecule has 2 aliphatic heterocycles. The van der Waals surface area contributed by atoms with Gasteiger partial charge in [-0.25, -0.2) is 4.79 Å². The summed E-state index contributed by atoms with van der Waals surface area (Å²) in [6.45, 7) is 6.93. The lowest BCUT2D eigenvalue weighted by Gasteiger charge is -2.21. The van der Waals surface area contributed by atoms with Crippen LogP contribution in [-0.4, -0.2) is 55.7 Å². The Morgan fingerprint density at radius 2 is 2.12 bits per heavy atom. The molecule has 7 nitrogen and oxygen atoms in total. The Hall–Kier alpha value is -2.28. The summed E-state index contributed by atoms with van der Waals surface area (Å²) in [5.74, 6) is 0.697. The van der Waals surface area contributed by atoms with Gasteiger partial charge in [-0.15, -0.1) is 0 Å². The minimum absolute atomic E-state index is 0.109. The highest BCUT2D eigenvalue weighted by Gasteiger charge is 2.26. The number of amides is 3. The summed E-state index contributed by atoms with van der Waals surface area (Å²) < 4.78 is 5.43. The Morgan fingerprint density at radius 3 is 2.73 bits per heavy atom. The maximum Gasteiger partial charge on any atom is 0.319 e. The largest absolute Gasteiger partial charge is 0.494 e. The van der Waals surface area contributed by atoms with Gasteiger partial charge in [-0.3, -0.25) is 9.69 Å². The molecule has 1 unspecified atom stereocenters. The Balaban J connectivity index is 1.61. The number of urea groups is 1. The molecule has 1 atom stereocenters. The molecule has 2 heterocycles. The second-order valence-electron chi connectivity index (χ2n) is 7.21. The van der Waals surface area contributed by atoms with Crippen LogP contribution in [0.25, 0.3) is 0 Å². The van der Waals surface area contributed by atoms with Gasteiger partial charge in [0.15, 0.2) is 0 Å². The molecule has 2 aliphatic rings. The van der Waals surface area contributed by atoms with Crippen molar-refractivity contribution in [3.63, 3.8) is 0 Å². The molecule has 0 radical (unpaired) electrons. The zero-order valence-corrected chi connectivity index (χ0v) is 15.7. The highest BCUT2D eigenvalue weighted by Crippen LogP contribution is 2.33. The first kappa shape index (κ1) is 18.5. The van der Waals surface area contributed by atoms with Crippen molar-refractivity contribution in [1.29, 1.82) is 0 Å². The summed E-state index contributed by atoms with van der Waals surface area (Å²) in [6.07, 6.45) is 2.39. The molecular weight excluding hydrogens is 332 g/mol. The minimum atomic E-state index is -0.215. The average molecular weight is 360 g/mol. The summed E-state index contributed by atoms with van der Waals surface area (Å²) in [4.78, 5) is 28.3. The SMILES string of the molecule is COc1cc(NC(=O)NC2CCN(C(C)C)C2)ccc1N1CCCC1=O. The van der Waals surface area contributed by atoms with E-state index in [0.29, 0.717) is 30.4 Å². The molecule has 0 saturated carbocycles. The van der Waals surface area contributed by atoms with E-state index >= 15 is 0 Å². The molecule has 0 aliphatic carbocycles. The van der Waals surface area contributed by atoms with Gasteiger partial charge in [-0.2, -0.15) is 0 Å². The predicted molar refractivity (Wildman–Crippen MR) is 102 cm³/mol. The predicted octanol–water partition coefficient (Wildman–Crippen LogP) is 2.43. The third-order valence-electron chi connectivity index (χ3n) is 5.09. The Morgan fingerprint density at radius 1 is 1.31 bits per heavy atom. The van der Waals surface area contributed by atoms with Crippen LogP contribution in [0.2, 0.25) is 0 Å². The lowest BCUT2D eigenvalue weighted by molar-refractivity contribution is -0.117. The van der Waals surface area contributed by atoms with Gasteiger partial charge in [-0.1, -0.05) is 0 Å². The summed E-state index contributed by atoms with van der Waals surface area (Å²) >= 11 is 0. The molecule has 0 aromatic heterocycles. The van der Waals surface area contributed by atoms with E-state index in [1.54, 1.807) is 24.1 Å². The summed E-state index contributed by atoms with van der Waals surface area (Å²) in [6, 6.07) is 5.84. The second-order valence-corrected chi connectivity index (χ2v) is 7.21. The van der Waals surface area contributed by atoms with E-state index in [9.17, 15) is 9.59 Å². The van der Waals surface area contributed by atoms with Crippen molar-refractivity contribution in [2.24, 2.45) is 0 Å². The fourth-order valence-electron chi connectivity index (χ4n) is 3.61. The van der Waals surface area contributed by atoms with Crippen LogP contribution < -0.4 is 20.3 Å². The minimum Gasteiger partial charge on any atom is -0.494 e. The first-order valence-corrected chi connectivity index (χ1v) is 9.28. The normalized spacial score (nSPS) is 20.7. The van der Waals surface area contributed by atoms with Crippen LogP contribution in [0.15, 0.2) is 18.2 Å². The average Bonchev–Trinajstić information content (AvgIpc) is 3.24. The smallest absolute Gasteiger partial charge is 0.319 e. The summed E-state index contributed by atoms with van der Waals surface area (Å²) in [7, 11) is 1.57. The molecule has 3 rings (SSSR count). The van der Waals surface area contributed by atoms with E-state index in [-0.39, 0.29) is 18.0 Å². The molecule has 142 valence electrons. The monoisotopic (exact) mass is 360 g/mol. The van der Waals surface area contributed by atoms with E-state index in [1.807, 2.05) is 6.07 Å². The van der Waals surface area contributed by atoms with Crippen molar-refractivity contribution in [2.75, 3.05) is 37.0 Å². The Kier molecular flexibility index (Phi) is 5.66. The molecule has 0 spiro atoms. The van der Waals surface area contributed by atoms with Crippen molar-refractivity contribution < 1.29 is 14.3 Å². The fraction of sp³-hybridized carbons (Fsp3) is 0.579. The lowest BCUT2D eigenvalue weighted by Crippen LogP contribution is -2.40. The van der Waals surface area contributed by atoms with Gasteiger partial charge < -0.3 is 20.3 Å². The zero-order chi connectivity index (χ0) is 18.7. The standard InChI is InChI=1S/C19H28N4O3/c1-13(2)22-10-8-15(12-22)21-19(25)20-14-6-7-16(17(11-14)26-3)23-9-4-5-18(23)24/h6-7,11,13,15H,4-5,8-10,12H2,1-3H3,(H2,20,21,25). The van der Waals surface area contributed by atoms with Crippen molar-refractivity contribution in [3.8, 4) is 5.75 Å². The highest BCUT2D eigenvalue weighted by molar-refractivity contribution is 5.97. The zero-order valence-electron chi connectivity index (χ0n) is 15.7. The van der Waals surface area contributed by atoms with E-state index in [1.165, 1.54) is 0 Å². The molecule has 7 heteroatoms. The van der Waals surface area contributed by atoms with E-state index < -0.39 is 0 Å². The number of likely N-dealkylation sites (tertiary alicyclic amines) is 1. The van der Waals surface area contributed by atoms with E-state index in [4.69, 9.17) is 4.74 Å². The summed E-state index contributed by atoms with van der Waals surface area (Å²) in [5.41, 5.74) is 1.40. The first-order valence-electron chi connectivity index (χ1n) is 9.28. The van der Waals surface area contributed by atoms with Crippen molar-refractivity contribution in [1.82, 2.24) is 10.2 Å². The number of ether oxygens (including phenoxy) is 1. The summed E-state index contributed by atoms with van der Waals surface area (Å²) in [5, 5.41) is 5.89. The Bertz CT molecular complexity index is 677. The molecule has 0 bridgehead atoms. The molecule has 2 fully saturated rings. The van der Waals surface area contributed by atoms with E-state index in [2.05, 4.69) is 29.4 Å². The van der Waals surface area contributed by atoms with Gasteiger partial charge in [0.1, 0.15) is 5.75 Å². The second kappa shape index (κ2) is 7.95. The topological polar surface area (TPSA) is 73.9 Å². The number of methoxy groups -OCH3 is 1. The van der Waals surface area contributed by atoms with Gasteiger partial charge in [0.05, 0.1) is 12.8 Å². The molecule has 26 heavy (non-hydrogen) atoms. The molecule has 1 aromatic rings. The van der Waals surface area contributed by atoms with Crippen LogP contribution in [-0.2, 0) is 4.79 Å². The Labute approximate surface area is 154 Å². The highest BCUT2D eigenvalue weighted by atomic mass is 16.5. The number of anilines is 2.